The molecule has 0 radical (unpaired) electrons. The molecule has 28 heavy (non-hydrogen) atoms. The highest BCUT2D eigenvalue weighted by atomic mass is 16.5. The fourth-order valence-corrected chi connectivity index (χ4v) is 3.67. The van der Waals surface area contributed by atoms with Crippen molar-refractivity contribution < 1.29 is 14.3 Å². The molecule has 0 unspecified atom stereocenters. The largest absolute Gasteiger partial charge is 0.497 e. The minimum Gasteiger partial charge on any atom is -0.497 e. The number of benzene rings is 2. The zero-order valence-electron chi connectivity index (χ0n) is 16.6. The molecule has 1 aliphatic heterocycles. The number of ether oxygens (including phenoxy) is 1. The predicted molar refractivity (Wildman–Crippen MR) is 111 cm³/mol. The first-order chi connectivity index (χ1) is 13.6. The Morgan fingerprint density at radius 1 is 1.11 bits per heavy atom. The van der Waals surface area contributed by atoms with Gasteiger partial charge in [0, 0.05) is 36.8 Å². The van der Waals surface area contributed by atoms with Gasteiger partial charge in [0.25, 0.3) is 5.91 Å². The average molecular weight is 380 g/mol. The number of methoxy groups -OCH3 is 1. The highest BCUT2D eigenvalue weighted by Crippen LogP contribution is 2.24. The summed E-state index contributed by atoms with van der Waals surface area (Å²) in [7, 11) is 1.61. The lowest BCUT2D eigenvalue weighted by molar-refractivity contribution is -0.116. The fraction of sp³-hybridized carbons (Fsp3) is 0.391. The number of carbonyl (C=O) groups excluding carboxylic acids is 2. The standard InChI is InChI=1S/C23H28N2O3/c1-17-6-3-4-9-21(17)23(27)25-14-12-18(13-15-25)10-11-22(26)24-19-7-5-8-20(16-19)28-2/h3-9,16,18H,10-15H2,1-2H3,(H,24,26). The summed E-state index contributed by atoms with van der Waals surface area (Å²) in [6.45, 7) is 3.49. The summed E-state index contributed by atoms with van der Waals surface area (Å²) in [6, 6.07) is 15.1. The number of amides is 2. The van der Waals surface area contributed by atoms with Crippen LogP contribution in [-0.4, -0.2) is 36.9 Å². The van der Waals surface area contributed by atoms with Crippen LogP contribution in [0.4, 0.5) is 5.69 Å². The van der Waals surface area contributed by atoms with Gasteiger partial charge >= 0.3 is 0 Å². The van der Waals surface area contributed by atoms with Crippen LogP contribution in [0, 0.1) is 12.8 Å². The fourth-order valence-electron chi connectivity index (χ4n) is 3.67. The number of carbonyl (C=O) groups is 2. The Bertz CT molecular complexity index is 826. The molecule has 2 aromatic carbocycles. The minimum absolute atomic E-state index is 0.0201. The first-order valence-corrected chi connectivity index (χ1v) is 9.85. The van der Waals surface area contributed by atoms with Crippen molar-refractivity contribution in [3.05, 3.63) is 59.7 Å². The molecular formula is C23H28N2O3. The summed E-state index contributed by atoms with van der Waals surface area (Å²) in [5.41, 5.74) is 2.56. The maximum Gasteiger partial charge on any atom is 0.254 e. The Morgan fingerprint density at radius 3 is 2.57 bits per heavy atom. The molecule has 2 aromatic rings. The second kappa shape index (κ2) is 9.40. The SMILES string of the molecule is COc1cccc(NC(=O)CCC2CCN(C(=O)c3ccccc3C)CC2)c1. The number of aryl methyl sites for hydroxylation is 1. The number of nitrogens with one attached hydrogen (secondary N) is 1. The van der Waals surface area contributed by atoms with Crippen LogP contribution in [-0.2, 0) is 4.79 Å². The summed E-state index contributed by atoms with van der Waals surface area (Å²) in [6.07, 6.45) is 3.24. The second-order valence-electron chi connectivity index (χ2n) is 7.37. The molecule has 1 N–H and O–H groups in total. The molecule has 1 fully saturated rings. The average Bonchev–Trinajstić information content (AvgIpc) is 2.72. The topological polar surface area (TPSA) is 58.6 Å². The van der Waals surface area contributed by atoms with Crippen LogP contribution in [0.5, 0.6) is 5.75 Å². The smallest absolute Gasteiger partial charge is 0.254 e. The zero-order valence-corrected chi connectivity index (χ0v) is 16.6. The highest BCUT2D eigenvalue weighted by Gasteiger charge is 2.24. The van der Waals surface area contributed by atoms with E-state index in [0.29, 0.717) is 12.3 Å². The Kier molecular flexibility index (Phi) is 6.69. The van der Waals surface area contributed by atoms with Crippen LogP contribution in [0.3, 0.4) is 0 Å². The second-order valence-corrected chi connectivity index (χ2v) is 7.37. The summed E-state index contributed by atoms with van der Waals surface area (Å²) in [5.74, 6) is 1.35. The number of rotatable bonds is 6. The van der Waals surface area contributed by atoms with Crippen molar-refractivity contribution in [2.45, 2.75) is 32.6 Å². The van der Waals surface area contributed by atoms with Gasteiger partial charge in [-0.3, -0.25) is 9.59 Å². The van der Waals surface area contributed by atoms with Crippen LogP contribution in [0.1, 0.15) is 41.6 Å². The molecular weight excluding hydrogens is 352 g/mol. The Morgan fingerprint density at radius 2 is 1.86 bits per heavy atom. The molecule has 0 bridgehead atoms. The van der Waals surface area contributed by atoms with E-state index in [9.17, 15) is 9.59 Å². The van der Waals surface area contributed by atoms with Crippen molar-refractivity contribution in [1.82, 2.24) is 4.90 Å². The van der Waals surface area contributed by atoms with E-state index < -0.39 is 0 Å². The van der Waals surface area contributed by atoms with Gasteiger partial charge in [-0.2, -0.15) is 0 Å². The summed E-state index contributed by atoms with van der Waals surface area (Å²) < 4.78 is 5.18. The summed E-state index contributed by atoms with van der Waals surface area (Å²) >= 11 is 0. The molecule has 0 atom stereocenters. The lowest BCUT2D eigenvalue weighted by atomic mass is 9.91. The number of hydrogen-bond acceptors (Lipinski definition) is 3. The van der Waals surface area contributed by atoms with Gasteiger partial charge in [-0.15, -0.1) is 0 Å². The van der Waals surface area contributed by atoms with Gasteiger partial charge in [-0.05, 0) is 55.9 Å². The monoisotopic (exact) mass is 380 g/mol. The van der Waals surface area contributed by atoms with Crippen LogP contribution in [0.25, 0.3) is 0 Å². The van der Waals surface area contributed by atoms with E-state index in [1.807, 2.05) is 60.4 Å². The third-order valence-corrected chi connectivity index (χ3v) is 5.41. The van der Waals surface area contributed by atoms with Crippen molar-refractivity contribution in [3.63, 3.8) is 0 Å². The van der Waals surface area contributed by atoms with E-state index in [2.05, 4.69) is 5.32 Å². The number of hydrogen-bond donors (Lipinski definition) is 1. The molecule has 1 saturated heterocycles. The number of nitrogens with zero attached hydrogens (tertiary/aromatic N) is 1. The van der Waals surface area contributed by atoms with Crippen LogP contribution in [0.2, 0.25) is 0 Å². The van der Waals surface area contributed by atoms with E-state index in [-0.39, 0.29) is 11.8 Å². The van der Waals surface area contributed by atoms with Crippen molar-refractivity contribution in [3.8, 4) is 5.75 Å². The quantitative estimate of drug-likeness (QED) is 0.814. The highest BCUT2D eigenvalue weighted by molar-refractivity contribution is 5.95. The first kappa shape index (κ1) is 19.9. The normalized spacial score (nSPS) is 14.6. The number of anilines is 1. The van der Waals surface area contributed by atoms with Gasteiger partial charge in [-0.25, -0.2) is 0 Å². The summed E-state index contributed by atoms with van der Waals surface area (Å²) in [5, 5.41) is 2.93. The van der Waals surface area contributed by atoms with E-state index in [1.165, 1.54) is 0 Å². The number of likely N-dealkylation sites (tertiary alicyclic amines) is 1. The van der Waals surface area contributed by atoms with Crippen molar-refractivity contribution in [2.24, 2.45) is 5.92 Å². The lowest BCUT2D eigenvalue weighted by Crippen LogP contribution is -2.38. The molecule has 1 heterocycles. The van der Waals surface area contributed by atoms with Crippen molar-refractivity contribution >= 4 is 17.5 Å². The van der Waals surface area contributed by atoms with Gasteiger partial charge in [-0.1, -0.05) is 24.3 Å². The maximum absolute atomic E-state index is 12.7. The molecule has 0 aromatic heterocycles. The van der Waals surface area contributed by atoms with Crippen molar-refractivity contribution in [2.75, 3.05) is 25.5 Å². The molecule has 1 aliphatic rings. The van der Waals surface area contributed by atoms with Gasteiger partial charge in [0.05, 0.1) is 7.11 Å². The van der Waals surface area contributed by atoms with Gasteiger partial charge in [0.15, 0.2) is 0 Å². The first-order valence-electron chi connectivity index (χ1n) is 9.85. The molecule has 148 valence electrons. The predicted octanol–water partition coefficient (Wildman–Crippen LogP) is 4.27. The van der Waals surface area contributed by atoms with Crippen LogP contribution >= 0.6 is 0 Å². The Balaban J connectivity index is 1.43. The summed E-state index contributed by atoms with van der Waals surface area (Å²) in [4.78, 5) is 26.9. The Labute approximate surface area is 166 Å². The zero-order chi connectivity index (χ0) is 19.9. The van der Waals surface area contributed by atoms with Crippen LogP contribution in [0.15, 0.2) is 48.5 Å². The van der Waals surface area contributed by atoms with E-state index in [1.54, 1.807) is 7.11 Å². The van der Waals surface area contributed by atoms with Gasteiger partial charge < -0.3 is 15.0 Å². The van der Waals surface area contributed by atoms with E-state index in [0.717, 1.165) is 54.9 Å². The van der Waals surface area contributed by atoms with E-state index >= 15 is 0 Å². The maximum atomic E-state index is 12.7. The molecule has 5 nitrogen and oxygen atoms in total. The molecule has 0 saturated carbocycles. The third kappa shape index (κ3) is 5.12. The van der Waals surface area contributed by atoms with E-state index in [4.69, 9.17) is 4.74 Å². The van der Waals surface area contributed by atoms with Gasteiger partial charge in [0.2, 0.25) is 5.91 Å². The number of piperidine rings is 1. The molecule has 3 rings (SSSR count). The van der Waals surface area contributed by atoms with Crippen molar-refractivity contribution in [1.29, 1.82) is 0 Å². The third-order valence-electron chi connectivity index (χ3n) is 5.41. The molecule has 0 spiro atoms. The molecule has 0 aliphatic carbocycles. The van der Waals surface area contributed by atoms with Gasteiger partial charge in [0.1, 0.15) is 5.75 Å². The minimum atomic E-state index is 0.0201. The molecule has 5 heteroatoms. The lowest BCUT2D eigenvalue weighted by Gasteiger charge is -2.32. The van der Waals surface area contributed by atoms with Crippen LogP contribution < -0.4 is 10.1 Å². The molecule has 2 amide bonds. The Hall–Kier alpha value is -2.82.